The molecule has 0 unspecified atom stereocenters. The van der Waals surface area contributed by atoms with Crippen molar-refractivity contribution >= 4 is 0 Å². The van der Waals surface area contributed by atoms with E-state index >= 15 is 0 Å². The van der Waals surface area contributed by atoms with Crippen molar-refractivity contribution in [1.29, 1.82) is 0 Å². The molecule has 0 bridgehead atoms. The minimum absolute atomic E-state index is 0.726. The minimum Gasteiger partial charge on any atom is -0.387 e. The zero-order chi connectivity index (χ0) is 12.7. The normalized spacial score (nSPS) is 15.6. The Morgan fingerprint density at radius 2 is 0.800 bits per heavy atom. The average molecular weight is 218 g/mol. The molecule has 0 atom stereocenters. The second kappa shape index (κ2) is 3.72. The summed E-state index contributed by atoms with van der Waals surface area (Å²) in [6, 6.07) is 0. The van der Waals surface area contributed by atoms with Crippen molar-refractivity contribution in [2.75, 3.05) is 0 Å². The number of ether oxygens (including phenoxy) is 1. The molecule has 3 heteroatoms. The molecule has 0 aromatic rings. The van der Waals surface area contributed by atoms with Crippen LogP contribution in [0.15, 0.2) is 0 Å². The molecule has 0 aromatic heterocycles. The molecule has 0 saturated carbocycles. The standard InChI is InChI=1S/C12H26O3/c1-9(2,13)11(5,6)15-12(7,8)10(3,4)14/h13-14H,1-8H3. The molecule has 0 aliphatic carbocycles. The summed E-state index contributed by atoms with van der Waals surface area (Å²) in [6.45, 7) is 14.1. The molecule has 0 heterocycles. The van der Waals surface area contributed by atoms with Crippen LogP contribution in [-0.2, 0) is 4.74 Å². The van der Waals surface area contributed by atoms with Gasteiger partial charge in [-0.3, -0.25) is 0 Å². The van der Waals surface area contributed by atoms with Crippen LogP contribution in [0.1, 0.15) is 55.4 Å². The molecule has 0 rings (SSSR count). The second-order valence-electron chi connectivity index (χ2n) is 6.24. The number of rotatable bonds is 4. The van der Waals surface area contributed by atoms with Gasteiger partial charge in [0.15, 0.2) is 0 Å². The smallest absolute Gasteiger partial charge is 0.0915 e. The van der Waals surface area contributed by atoms with Crippen LogP contribution in [0.3, 0.4) is 0 Å². The van der Waals surface area contributed by atoms with Gasteiger partial charge in [-0.2, -0.15) is 0 Å². The summed E-state index contributed by atoms with van der Waals surface area (Å²) in [5, 5.41) is 19.9. The molecule has 92 valence electrons. The Hall–Kier alpha value is -0.120. The summed E-state index contributed by atoms with van der Waals surface area (Å²) in [5.41, 5.74) is -3.38. The van der Waals surface area contributed by atoms with E-state index in [1.54, 1.807) is 27.7 Å². The molecular formula is C12H26O3. The zero-order valence-corrected chi connectivity index (χ0v) is 11.3. The first-order valence-corrected chi connectivity index (χ1v) is 5.36. The van der Waals surface area contributed by atoms with E-state index in [1.807, 2.05) is 27.7 Å². The maximum atomic E-state index is 9.97. The summed E-state index contributed by atoms with van der Waals surface area (Å²) in [4.78, 5) is 0. The Kier molecular flexibility index (Phi) is 3.69. The van der Waals surface area contributed by atoms with Crippen LogP contribution in [0.4, 0.5) is 0 Å². The molecule has 0 aliphatic rings. The third-order valence-electron chi connectivity index (χ3n) is 3.46. The first-order valence-electron chi connectivity index (χ1n) is 5.36. The lowest BCUT2D eigenvalue weighted by Gasteiger charge is -2.47. The minimum atomic E-state index is -0.963. The highest BCUT2D eigenvalue weighted by atomic mass is 16.5. The molecule has 0 aliphatic heterocycles. The van der Waals surface area contributed by atoms with E-state index in [1.165, 1.54) is 0 Å². The lowest BCUT2D eigenvalue weighted by Crippen LogP contribution is -2.57. The van der Waals surface area contributed by atoms with E-state index in [-0.39, 0.29) is 0 Å². The maximum Gasteiger partial charge on any atom is 0.0915 e. The Morgan fingerprint density at radius 3 is 0.933 bits per heavy atom. The van der Waals surface area contributed by atoms with Crippen molar-refractivity contribution in [3.8, 4) is 0 Å². The average Bonchev–Trinajstić information content (AvgIpc) is 1.77. The molecule has 0 saturated heterocycles. The highest BCUT2D eigenvalue weighted by Gasteiger charge is 2.45. The van der Waals surface area contributed by atoms with Crippen molar-refractivity contribution in [1.82, 2.24) is 0 Å². The van der Waals surface area contributed by atoms with Crippen molar-refractivity contribution in [3.05, 3.63) is 0 Å². The van der Waals surface area contributed by atoms with Gasteiger partial charge in [-0.15, -0.1) is 0 Å². The van der Waals surface area contributed by atoms with Gasteiger partial charge < -0.3 is 14.9 Å². The van der Waals surface area contributed by atoms with Gasteiger partial charge in [0.05, 0.1) is 22.4 Å². The molecule has 0 amide bonds. The molecule has 0 fully saturated rings. The van der Waals surface area contributed by atoms with E-state index in [2.05, 4.69) is 0 Å². The van der Waals surface area contributed by atoms with Crippen LogP contribution in [0.5, 0.6) is 0 Å². The maximum absolute atomic E-state index is 9.97. The highest BCUT2D eigenvalue weighted by molar-refractivity contribution is 4.95. The molecule has 3 nitrogen and oxygen atoms in total. The fraction of sp³-hybridized carbons (Fsp3) is 1.00. The van der Waals surface area contributed by atoms with Crippen LogP contribution >= 0.6 is 0 Å². The van der Waals surface area contributed by atoms with Crippen molar-refractivity contribution < 1.29 is 14.9 Å². The summed E-state index contributed by atoms with van der Waals surface area (Å²) in [6.07, 6.45) is 0. The predicted octanol–water partition coefficient (Wildman–Crippen LogP) is 2.10. The van der Waals surface area contributed by atoms with Gasteiger partial charge in [0.25, 0.3) is 0 Å². The van der Waals surface area contributed by atoms with E-state index in [0.717, 1.165) is 0 Å². The van der Waals surface area contributed by atoms with Crippen molar-refractivity contribution in [2.24, 2.45) is 0 Å². The van der Waals surface area contributed by atoms with Crippen molar-refractivity contribution in [3.63, 3.8) is 0 Å². The van der Waals surface area contributed by atoms with Crippen LogP contribution in [0.2, 0.25) is 0 Å². The number of aliphatic hydroxyl groups is 2. The van der Waals surface area contributed by atoms with Crippen molar-refractivity contribution in [2.45, 2.75) is 77.8 Å². The lowest BCUT2D eigenvalue weighted by atomic mass is 9.84. The SMILES string of the molecule is CC(C)(O)C(C)(C)OC(C)(C)C(C)(C)O. The Bertz CT molecular complexity index is 192. The molecule has 2 N–H and O–H groups in total. The van der Waals surface area contributed by atoms with Gasteiger partial charge in [-0.25, -0.2) is 0 Å². The van der Waals surface area contributed by atoms with Gasteiger partial charge in [-0.1, -0.05) is 0 Å². The van der Waals surface area contributed by atoms with Gasteiger partial charge in [0.2, 0.25) is 0 Å². The first-order chi connectivity index (χ1) is 6.21. The molecule has 0 radical (unpaired) electrons. The van der Waals surface area contributed by atoms with Gasteiger partial charge in [0.1, 0.15) is 0 Å². The Morgan fingerprint density at radius 1 is 0.600 bits per heavy atom. The van der Waals surface area contributed by atoms with Gasteiger partial charge in [-0.05, 0) is 55.4 Å². The summed E-state index contributed by atoms with van der Waals surface area (Å²) in [7, 11) is 0. The topological polar surface area (TPSA) is 49.7 Å². The van der Waals surface area contributed by atoms with Gasteiger partial charge in [0, 0.05) is 0 Å². The largest absolute Gasteiger partial charge is 0.387 e. The first kappa shape index (κ1) is 14.9. The van der Waals surface area contributed by atoms with Crippen LogP contribution in [0, 0.1) is 0 Å². The highest BCUT2D eigenvalue weighted by Crippen LogP contribution is 2.35. The predicted molar refractivity (Wildman–Crippen MR) is 61.8 cm³/mol. The molecule has 15 heavy (non-hydrogen) atoms. The van der Waals surface area contributed by atoms with Gasteiger partial charge >= 0.3 is 0 Å². The summed E-state index contributed by atoms with van der Waals surface area (Å²) < 4.78 is 5.85. The zero-order valence-electron chi connectivity index (χ0n) is 11.3. The number of hydrogen-bond acceptors (Lipinski definition) is 3. The summed E-state index contributed by atoms with van der Waals surface area (Å²) >= 11 is 0. The Labute approximate surface area is 93.5 Å². The van der Waals surface area contributed by atoms with Crippen LogP contribution in [-0.4, -0.2) is 32.6 Å². The monoisotopic (exact) mass is 218 g/mol. The van der Waals surface area contributed by atoms with Crippen LogP contribution in [0.25, 0.3) is 0 Å². The van der Waals surface area contributed by atoms with Crippen LogP contribution < -0.4 is 0 Å². The third kappa shape index (κ3) is 3.44. The van der Waals surface area contributed by atoms with E-state index < -0.39 is 22.4 Å². The molecule has 0 aromatic carbocycles. The Balaban J connectivity index is 4.89. The van der Waals surface area contributed by atoms with E-state index in [0.29, 0.717) is 0 Å². The third-order valence-corrected chi connectivity index (χ3v) is 3.46. The second-order valence-corrected chi connectivity index (χ2v) is 6.24. The lowest BCUT2D eigenvalue weighted by molar-refractivity contribution is -0.249. The quantitative estimate of drug-likeness (QED) is 0.759. The molecule has 0 spiro atoms. The molecular weight excluding hydrogens is 192 g/mol. The van der Waals surface area contributed by atoms with E-state index in [9.17, 15) is 10.2 Å². The fourth-order valence-corrected chi connectivity index (χ4v) is 0.888. The fourth-order valence-electron chi connectivity index (χ4n) is 0.888. The number of hydrogen-bond donors (Lipinski definition) is 2. The van der Waals surface area contributed by atoms with E-state index in [4.69, 9.17) is 4.74 Å². The summed E-state index contributed by atoms with van der Waals surface area (Å²) in [5.74, 6) is 0.